The number of furan rings is 1. The summed E-state index contributed by atoms with van der Waals surface area (Å²) in [5.41, 5.74) is 3.02. The monoisotopic (exact) mass is 354 g/mol. The molecule has 0 spiro atoms. The van der Waals surface area contributed by atoms with E-state index in [0.29, 0.717) is 18.7 Å². The van der Waals surface area contributed by atoms with Crippen molar-refractivity contribution < 1.29 is 9.21 Å². The van der Waals surface area contributed by atoms with E-state index in [1.807, 2.05) is 49.4 Å². The lowest BCUT2D eigenvalue weighted by Crippen LogP contribution is -2.30. The van der Waals surface area contributed by atoms with Crippen LogP contribution in [0.15, 0.2) is 22.7 Å². The summed E-state index contributed by atoms with van der Waals surface area (Å²) in [6.07, 6.45) is 1.75. The number of aryl methyl sites for hydroxylation is 2. The van der Waals surface area contributed by atoms with Gasteiger partial charge in [-0.15, -0.1) is 0 Å². The Morgan fingerprint density at radius 1 is 1.23 bits per heavy atom. The van der Waals surface area contributed by atoms with Crippen molar-refractivity contribution in [3.63, 3.8) is 0 Å². The summed E-state index contributed by atoms with van der Waals surface area (Å²) in [4.78, 5) is 19.8. The van der Waals surface area contributed by atoms with E-state index < -0.39 is 0 Å². The number of fused-ring (bicyclic) bond motifs is 1. The Bertz CT molecular complexity index is 948. The maximum atomic E-state index is 13.1. The Hall–Kier alpha value is -2.63. The highest BCUT2D eigenvalue weighted by Crippen LogP contribution is 2.30. The van der Waals surface area contributed by atoms with Gasteiger partial charge in [-0.1, -0.05) is 0 Å². The first-order chi connectivity index (χ1) is 12.4. The molecule has 0 aliphatic heterocycles. The maximum Gasteiger partial charge on any atom is 0.254 e. The van der Waals surface area contributed by atoms with Crippen molar-refractivity contribution in [1.29, 1.82) is 0 Å². The fraction of sp³-hybridized carbons (Fsp3) is 0.450. The SMILES string of the molecule is CCN(CC)C(=O)c1cc(-c2cc(C)oc2C)nc2c1cnn2C(C)C. The van der Waals surface area contributed by atoms with E-state index in [1.165, 1.54) is 0 Å². The molecule has 1 amide bonds. The molecule has 0 aliphatic carbocycles. The van der Waals surface area contributed by atoms with E-state index in [4.69, 9.17) is 9.40 Å². The minimum absolute atomic E-state index is 0.00447. The van der Waals surface area contributed by atoms with Gasteiger partial charge in [0.15, 0.2) is 5.65 Å². The number of carbonyl (C=O) groups excluding carboxylic acids is 1. The number of hydrogen-bond acceptors (Lipinski definition) is 4. The van der Waals surface area contributed by atoms with Crippen LogP contribution in [-0.4, -0.2) is 38.7 Å². The minimum atomic E-state index is 0.00447. The lowest BCUT2D eigenvalue weighted by Gasteiger charge is -2.19. The van der Waals surface area contributed by atoms with Gasteiger partial charge in [-0.3, -0.25) is 4.79 Å². The standard InChI is InChI=1S/C20H26N4O2/c1-7-23(8-2)20(25)16-10-18(15-9-13(5)26-14(15)6)22-19-17(16)11-21-24(19)12(3)4/h9-12H,7-8H2,1-6H3. The maximum absolute atomic E-state index is 13.1. The van der Waals surface area contributed by atoms with E-state index in [-0.39, 0.29) is 11.9 Å². The zero-order valence-corrected chi connectivity index (χ0v) is 16.3. The second-order valence-corrected chi connectivity index (χ2v) is 6.78. The molecule has 0 N–H and O–H groups in total. The molecule has 0 unspecified atom stereocenters. The van der Waals surface area contributed by atoms with Crippen molar-refractivity contribution in [2.45, 2.75) is 47.6 Å². The molecule has 0 saturated heterocycles. The fourth-order valence-corrected chi connectivity index (χ4v) is 3.28. The quantitative estimate of drug-likeness (QED) is 0.682. The molecule has 0 fully saturated rings. The third kappa shape index (κ3) is 3.00. The van der Waals surface area contributed by atoms with Gasteiger partial charge in [0, 0.05) is 24.7 Å². The second-order valence-electron chi connectivity index (χ2n) is 6.78. The van der Waals surface area contributed by atoms with Crippen molar-refractivity contribution >= 4 is 16.9 Å². The lowest BCUT2D eigenvalue weighted by atomic mass is 10.1. The summed E-state index contributed by atoms with van der Waals surface area (Å²) in [5, 5.41) is 5.26. The number of nitrogens with zero attached hydrogens (tertiary/aromatic N) is 4. The van der Waals surface area contributed by atoms with E-state index in [2.05, 4.69) is 18.9 Å². The third-order valence-corrected chi connectivity index (χ3v) is 4.65. The van der Waals surface area contributed by atoms with Crippen molar-refractivity contribution in [3.05, 3.63) is 35.4 Å². The van der Waals surface area contributed by atoms with Crippen LogP contribution >= 0.6 is 0 Å². The molecule has 6 heteroatoms. The normalized spacial score (nSPS) is 11.5. The smallest absolute Gasteiger partial charge is 0.254 e. The number of carbonyl (C=O) groups is 1. The number of hydrogen-bond donors (Lipinski definition) is 0. The van der Waals surface area contributed by atoms with Crippen LogP contribution in [0, 0.1) is 13.8 Å². The molecule has 3 rings (SSSR count). The largest absolute Gasteiger partial charge is 0.466 e. The molecular weight excluding hydrogens is 328 g/mol. The molecule has 138 valence electrons. The average molecular weight is 354 g/mol. The van der Waals surface area contributed by atoms with Crippen LogP contribution < -0.4 is 0 Å². The molecule has 0 aromatic carbocycles. The molecule has 0 radical (unpaired) electrons. The molecule has 3 aromatic rings. The lowest BCUT2D eigenvalue weighted by molar-refractivity contribution is 0.0775. The van der Waals surface area contributed by atoms with Gasteiger partial charge in [-0.25, -0.2) is 9.67 Å². The van der Waals surface area contributed by atoms with Gasteiger partial charge in [0.25, 0.3) is 5.91 Å². The van der Waals surface area contributed by atoms with Crippen LogP contribution in [0.5, 0.6) is 0 Å². The van der Waals surface area contributed by atoms with Crippen molar-refractivity contribution in [3.8, 4) is 11.3 Å². The predicted octanol–water partition coefficient (Wildman–Crippen LogP) is 4.37. The Morgan fingerprint density at radius 3 is 2.46 bits per heavy atom. The van der Waals surface area contributed by atoms with Crippen LogP contribution in [0.3, 0.4) is 0 Å². The summed E-state index contributed by atoms with van der Waals surface area (Å²) in [6, 6.07) is 3.98. The summed E-state index contributed by atoms with van der Waals surface area (Å²) in [6.45, 7) is 13.2. The van der Waals surface area contributed by atoms with Crippen molar-refractivity contribution in [2.75, 3.05) is 13.1 Å². The molecule has 0 saturated carbocycles. The summed E-state index contributed by atoms with van der Waals surface area (Å²) < 4.78 is 7.53. The van der Waals surface area contributed by atoms with Gasteiger partial charge in [-0.05, 0) is 53.7 Å². The molecule has 3 aromatic heterocycles. The van der Waals surface area contributed by atoms with E-state index in [9.17, 15) is 4.79 Å². The highest BCUT2D eigenvalue weighted by Gasteiger charge is 2.22. The fourth-order valence-electron chi connectivity index (χ4n) is 3.28. The van der Waals surface area contributed by atoms with Gasteiger partial charge < -0.3 is 9.32 Å². The van der Waals surface area contributed by atoms with Crippen molar-refractivity contribution in [1.82, 2.24) is 19.7 Å². The first-order valence-electron chi connectivity index (χ1n) is 9.12. The van der Waals surface area contributed by atoms with Gasteiger partial charge in [0.2, 0.25) is 0 Å². The van der Waals surface area contributed by atoms with Gasteiger partial charge in [0.1, 0.15) is 11.5 Å². The predicted molar refractivity (Wildman–Crippen MR) is 102 cm³/mol. The van der Waals surface area contributed by atoms with E-state index in [0.717, 1.165) is 33.8 Å². The topological polar surface area (TPSA) is 64.2 Å². The Morgan fingerprint density at radius 2 is 1.92 bits per heavy atom. The number of pyridine rings is 1. The van der Waals surface area contributed by atoms with E-state index in [1.54, 1.807) is 6.20 Å². The van der Waals surface area contributed by atoms with Crippen LogP contribution in [0.25, 0.3) is 22.3 Å². The van der Waals surface area contributed by atoms with Gasteiger partial charge in [-0.2, -0.15) is 5.10 Å². The highest BCUT2D eigenvalue weighted by molar-refractivity contribution is 6.06. The first-order valence-corrected chi connectivity index (χ1v) is 9.12. The van der Waals surface area contributed by atoms with Crippen LogP contribution in [0.1, 0.15) is 55.6 Å². The zero-order chi connectivity index (χ0) is 19.0. The summed E-state index contributed by atoms with van der Waals surface area (Å²) in [7, 11) is 0. The molecule has 0 bridgehead atoms. The minimum Gasteiger partial charge on any atom is -0.466 e. The number of aromatic nitrogens is 3. The number of rotatable bonds is 5. The van der Waals surface area contributed by atoms with Crippen LogP contribution in [0.2, 0.25) is 0 Å². The molecule has 0 atom stereocenters. The second kappa shape index (κ2) is 6.94. The van der Waals surface area contributed by atoms with Crippen LogP contribution in [0.4, 0.5) is 0 Å². The summed E-state index contributed by atoms with van der Waals surface area (Å²) in [5.74, 6) is 1.63. The zero-order valence-electron chi connectivity index (χ0n) is 16.3. The summed E-state index contributed by atoms with van der Waals surface area (Å²) >= 11 is 0. The Balaban J connectivity index is 2.28. The molecule has 0 aliphatic rings. The molecule has 6 nitrogen and oxygen atoms in total. The third-order valence-electron chi connectivity index (χ3n) is 4.65. The Labute approximate surface area is 153 Å². The molecular formula is C20H26N4O2. The number of amides is 1. The molecule has 3 heterocycles. The Kier molecular flexibility index (Phi) is 4.85. The molecule has 26 heavy (non-hydrogen) atoms. The van der Waals surface area contributed by atoms with Gasteiger partial charge >= 0.3 is 0 Å². The van der Waals surface area contributed by atoms with Gasteiger partial charge in [0.05, 0.1) is 22.8 Å². The highest BCUT2D eigenvalue weighted by atomic mass is 16.3. The first kappa shape index (κ1) is 18.2. The average Bonchev–Trinajstić information content (AvgIpc) is 3.17. The van der Waals surface area contributed by atoms with Crippen molar-refractivity contribution in [2.24, 2.45) is 0 Å². The van der Waals surface area contributed by atoms with E-state index >= 15 is 0 Å². The van der Waals surface area contributed by atoms with Crippen LogP contribution in [-0.2, 0) is 0 Å².